The van der Waals surface area contributed by atoms with Gasteiger partial charge in [0, 0.05) is 25.0 Å². The summed E-state index contributed by atoms with van der Waals surface area (Å²) in [5.74, 6) is 0. The Morgan fingerprint density at radius 1 is 1.22 bits per heavy atom. The molecule has 0 unspecified atom stereocenters. The smallest absolute Gasteiger partial charge is 0.107 e. The molecule has 2 aromatic heterocycles. The Morgan fingerprint density at radius 2 is 2.00 bits per heavy atom. The molecule has 2 heterocycles. The van der Waals surface area contributed by atoms with Crippen LogP contribution in [-0.4, -0.2) is 14.3 Å². The maximum atomic E-state index is 6.01. The largest absolute Gasteiger partial charge is 0.396 e. The van der Waals surface area contributed by atoms with Crippen LogP contribution in [0.25, 0.3) is 22.3 Å². The highest BCUT2D eigenvalue weighted by Crippen LogP contribution is 2.31. The van der Waals surface area contributed by atoms with Gasteiger partial charge in [-0.1, -0.05) is 12.1 Å². The van der Waals surface area contributed by atoms with E-state index in [4.69, 9.17) is 5.73 Å². The number of nitrogen functional groups attached to an aromatic ring is 1. The molecule has 1 aromatic carbocycles. The van der Waals surface area contributed by atoms with Crippen molar-refractivity contribution in [2.24, 2.45) is 14.1 Å². The Kier molecular flexibility index (Phi) is 2.20. The highest BCUT2D eigenvalue weighted by molar-refractivity contribution is 5.90. The molecule has 2 N–H and O–H groups in total. The van der Waals surface area contributed by atoms with Crippen LogP contribution in [0.1, 0.15) is 5.56 Å². The van der Waals surface area contributed by atoms with Crippen molar-refractivity contribution in [2.75, 3.05) is 5.73 Å². The number of nitrogens with zero attached hydrogens (tertiary/aromatic N) is 3. The van der Waals surface area contributed by atoms with E-state index in [0.717, 1.165) is 11.4 Å². The van der Waals surface area contributed by atoms with Gasteiger partial charge in [0.1, 0.15) is 5.69 Å². The summed E-state index contributed by atoms with van der Waals surface area (Å²) in [6.45, 7) is 2.12. The third-order valence-electron chi connectivity index (χ3n) is 3.51. The standard InChI is InChI=1S/C14H16N4/c1-9-5-4-6-12-10(9)7-13(17(12)2)14-11(15)8-16-18(14)3/h4-8H,15H2,1-3H3. The summed E-state index contributed by atoms with van der Waals surface area (Å²) < 4.78 is 3.98. The van der Waals surface area contributed by atoms with E-state index in [1.165, 1.54) is 16.5 Å². The Hall–Kier alpha value is -2.23. The van der Waals surface area contributed by atoms with Crippen LogP contribution < -0.4 is 5.73 Å². The van der Waals surface area contributed by atoms with Crippen molar-refractivity contribution in [3.8, 4) is 11.4 Å². The molecular formula is C14H16N4. The molecule has 4 nitrogen and oxygen atoms in total. The number of aryl methyl sites for hydroxylation is 3. The van der Waals surface area contributed by atoms with Crippen LogP contribution in [0.3, 0.4) is 0 Å². The first-order chi connectivity index (χ1) is 8.59. The van der Waals surface area contributed by atoms with Crippen LogP contribution in [0.5, 0.6) is 0 Å². The number of aromatic nitrogens is 3. The van der Waals surface area contributed by atoms with E-state index < -0.39 is 0 Å². The summed E-state index contributed by atoms with van der Waals surface area (Å²) in [6, 6.07) is 8.50. The minimum atomic E-state index is 0.709. The van der Waals surface area contributed by atoms with Gasteiger partial charge in [-0.05, 0) is 24.6 Å². The van der Waals surface area contributed by atoms with Crippen molar-refractivity contribution in [2.45, 2.75) is 6.92 Å². The average molecular weight is 240 g/mol. The predicted octanol–water partition coefficient (Wildman–Crippen LogP) is 2.47. The number of hydrogen-bond donors (Lipinski definition) is 1. The predicted molar refractivity (Wildman–Crippen MR) is 74.3 cm³/mol. The van der Waals surface area contributed by atoms with Crippen LogP contribution in [0.15, 0.2) is 30.5 Å². The number of hydrogen-bond acceptors (Lipinski definition) is 2. The first-order valence-corrected chi connectivity index (χ1v) is 5.92. The molecule has 0 radical (unpaired) electrons. The van der Waals surface area contributed by atoms with Crippen molar-refractivity contribution in [3.63, 3.8) is 0 Å². The molecule has 0 aliphatic carbocycles. The van der Waals surface area contributed by atoms with E-state index in [-0.39, 0.29) is 0 Å². The fourth-order valence-electron chi connectivity index (χ4n) is 2.50. The highest BCUT2D eigenvalue weighted by atomic mass is 15.3. The van der Waals surface area contributed by atoms with Gasteiger partial charge in [0.2, 0.25) is 0 Å². The molecule has 0 saturated carbocycles. The number of rotatable bonds is 1. The average Bonchev–Trinajstić information content (AvgIpc) is 2.83. The van der Waals surface area contributed by atoms with Crippen molar-refractivity contribution < 1.29 is 0 Å². The zero-order chi connectivity index (χ0) is 12.9. The number of anilines is 1. The summed E-state index contributed by atoms with van der Waals surface area (Å²) in [4.78, 5) is 0. The van der Waals surface area contributed by atoms with E-state index in [9.17, 15) is 0 Å². The first-order valence-electron chi connectivity index (χ1n) is 5.92. The summed E-state index contributed by atoms with van der Waals surface area (Å²) >= 11 is 0. The molecule has 0 aliphatic rings. The molecule has 0 atom stereocenters. The lowest BCUT2D eigenvalue weighted by Crippen LogP contribution is -2.00. The second kappa shape index (κ2) is 3.63. The van der Waals surface area contributed by atoms with Crippen molar-refractivity contribution in [1.29, 1.82) is 0 Å². The normalized spacial score (nSPS) is 11.3. The fraction of sp³-hybridized carbons (Fsp3) is 0.214. The van der Waals surface area contributed by atoms with Crippen molar-refractivity contribution >= 4 is 16.6 Å². The van der Waals surface area contributed by atoms with E-state index in [0.29, 0.717) is 5.69 Å². The summed E-state index contributed by atoms with van der Waals surface area (Å²) in [5.41, 5.74) is 11.3. The lowest BCUT2D eigenvalue weighted by atomic mass is 10.1. The third kappa shape index (κ3) is 1.35. The minimum absolute atomic E-state index is 0.709. The van der Waals surface area contributed by atoms with Gasteiger partial charge in [0.15, 0.2) is 0 Å². The van der Waals surface area contributed by atoms with Crippen molar-refractivity contribution in [1.82, 2.24) is 14.3 Å². The second-order valence-corrected chi connectivity index (χ2v) is 4.67. The van der Waals surface area contributed by atoms with E-state index in [1.54, 1.807) is 6.20 Å². The Labute approximate surface area is 106 Å². The number of nitrogens with two attached hydrogens (primary N) is 1. The lowest BCUT2D eigenvalue weighted by molar-refractivity contribution is 0.768. The van der Waals surface area contributed by atoms with Crippen LogP contribution in [0.4, 0.5) is 5.69 Å². The SMILES string of the molecule is Cc1cccc2c1cc(-c1c(N)cnn1C)n2C. The van der Waals surface area contributed by atoms with Gasteiger partial charge in [-0.25, -0.2) is 0 Å². The number of benzene rings is 1. The zero-order valence-corrected chi connectivity index (χ0v) is 10.8. The molecule has 3 rings (SSSR count). The maximum absolute atomic E-state index is 6.01. The number of fused-ring (bicyclic) bond motifs is 1. The van der Waals surface area contributed by atoms with Gasteiger partial charge in [-0.3, -0.25) is 4.68 Å². The van der Waals surface area contributed by atoms with Gasteiger partial charge >= 0.3 is 0 Å². The Bertz CT molecular complexity index is 714. The van der Waals surface area contributed by atoms with Crippen LogP contribution in [-0.2, 0) is 14.1 Å². The van der Waals surface area contributed by atoms with Gasteiger partial charge in [-0.2, -0.15) is 5.10 Å². The zero-order valence-electron chi connectivity index (χ0n) is 10.8. The van der Waals surface area contributed by atoms with Gasteiger partial charge in [0.05, 0.1) is 17.6 Å². The topological polar surface area (TPSA) is 48.8 Å². The van der Waals surface area contributed by atoms with E-state index in [1.807, 2.05) is 11.7 Å². The van der Waals surface area contributed by atoms with Crippen LogP contribution in [0, 0.1) is 6.92 Å². The van der Waals surface area contributed by atoms with Crippen LogP contribution in [0.2, 0.25) is 0 Å². The molecule has 4 heteroatoms. The molecule has 0 spiro atoms. The Morgan fingerprint density at radius 3 is 2.61 bits per heavy atom. The lowest BCUT2D eigenvalue weighted by Gasteiger charge is -2.05. The minimum Gasteiger partial charge on any atom is -0.396 e. The van der Waals surface area contributed by atoms with Crippen LogP contribution >= 0.6 is 0 Å². The quantitative estimate of drug-likeness (QED) is 0.710. The van der Waals surface area contributed by atoms with E-state index >= 15 is 0 Å². The molecular weight excluding hydrogens is 224 g/mol. The molecule has 0 fully saturated rings. The molecule has 0 saturated heterocycles. The maximum Gasteiger partial charge on any atom is 0.107 e. The molecule has 0 aliphatic heterocycles. The molecule has 3 aromatic rings. The molecule has 18 heavy (non-hydrogen) atoms. The summed E-state index contributed by atoms with van der Waals surface area (Å²) in [6.07, 6.45) is 1.69. The molecule has 0 bridgehead atoms. The Balaban J connectivity index is 2.38. The first kappa shape index (κ1) is 10.9. The highest BCUT2D eigenvalue weighted by Gasteiger charge is 2.14. The van der Waals surface area contributed by atoms with Gasteiger partial charge in [-0.15, -0.1) is 0 Å². The third-order valence-corrected chi connectivity index (χ3v) is 3.51. The van der Waals surface area contributed by atoms with Gasteiger partial charge in [0.25, 0.3) is 0 Å². The monoisotopic (exact) mass is 240 g/mol. The molecule has 0 amide bonds. The van der Waals surface area contributed by atoms with Crippen molar-refractivity contribution in [3.05, 3.63) is 36.0 Å². The fourth-order valence-corrected chi connectivity index (χ4v) is 2.50. The molecule has 92 valence electrons. The second-order valence-electron chi connectivity index (χ2n) is 4.67. The summed E-state index contributed by atoms with van der Waals surface area (Å²) in [7, 11) is 3.97. The summed E-state index contributed by atoms with van der Waals surface area (Å²) in [5, 5.41) is 5.46. The van der Waals surface area contributed by atoms with Gasteiger partial charge < -0.3 is 10.3 Å². The van der Waals surface area contributed by atoms with E-state index in [2.05, 4.69) is 47.9 Å².